The maximum absolute atomic E-state index is 12.0. The summed E-state index contributed by atoms with van der Waals surface area (Å²) in [5, 5.41) is 8.95. The SMILES string of the molecule is CC1CCCN(Cc2cccnc2C#N)C1=O. The third-order valence-electron chi connectivity index (χ3n) is 3.16. The van der Waals surface area contributed by atoms with E-state index in [2.05, 4.69) is 11.1 Å². The number of carbonyl (C=O) groups excluding carboxylic acids is 1. The molecule has 1 aromatic rings. The first-order chi connectivity index (χ1) is 8.22. The molecule has 4 nitrogen and oxygen atoms in total. The van der Waals surface area contributed by atoms with Crippen molar-refractivity contribution in [3.8, 4) is 6.07 Å². The Morgan fingerprint density at radius 3 is 3.24 bits per heavy atom. The van der Waals surface area contributed by atoms with Crippen LogP contribution in [0.25, 0.3) is 0 Å². The van der Waals surface area contributed by atoms with Crippen molar-refractivity contribution in [3.05, 3.63) is 29.6 Å². The Kier molecular flexibility index (Phi) is 3.38. The number of rotatable bonds is 2. The van der Waals surface area contributed by atoms with Crippen LogP contribution in [-0.2, 0) is 11.3 Å². The van der Waals surface area contributed by atoms with Crippen LogP contribution in [0.5, 0.6) is 0 Å². The number of nitriles is 1. The molecule has 17 heavy (non-hydrogen) atoms. The van der Waals surface area contributed by atoms with Crippen LogP contribution in [0.2, 0.25) is 0 Å². The summed E-state index contributed by atoms with van der Waals surface area (Å²) in [5.74, 6) is 0.287. The predicted octanol–water partition coefficient (Wildman–Crippen LogP) is 1.71. The van der Waals surface area contributed by atoms with Gasteiger partial charge in [0.25, 0.3) is 0 Å². The highest BCUT2D eigenvalue weighted by molar-refractivity contribution is 5.79. The fraction of sp³-hybridized carbons (Fsp3) is 0.462. The monoisotopic (exact) mass is 229 g/mol. The van der Waals surface area contributed by atoms with Gasteiger partial charge in [-0.3, -0.25) is 4.79 Å². The zero-order chi connectivity index (χ0) is 12.3. The summed E-state index contributed by atoms with van der Waals surface area (Å²) in [4.78, 5) is 17.8. The maximum Gasteiger partial charge on any atom is 0.225 e. The molecule has 0 aromatic carbocycles. The van der Waals surface area contributed by atoms with Crippen LogP contribution < -0.4 is 0 Å². The van der Waals surface area contributed by atoms with Crippen molar-refractivity contribution in [2.45, 2.75) is 26.3 Å². The number of aromatic nitrogens is 1. The van der Waals surface area contributed by atoms with E-state index in [-0.39, 0.29) is 11.8 Å². The van der Waals surface area contributed by atoms with E-state index in [4.69, 9.17) is 5.26 Å². The average molecular weight is 229 g/mol. The van der Waals surface area contributed by atoms with Crippen molar-refractivity contribution in [1.82, 2.24) is 9.88 Å². The molecule has 1 amide bonds. The first-order valence-electron chi connectivity index (χ1n) is 5.85. The molecule has 1 fully saturated rings. The van der Waals surface area contributed by atoms with E-state index in [0.717, 1.165) is 24.9 Å². The molecule has 0 aliphatic carbocycles. The third-order valence-corrected chi connectivity index (χ3v) is 3.16. The second-order valence-corrected chi connectivity index (χ2v) is 4.43. The van der Waals surface area contributed by atoms with Crippen LogP contribution in [0.4, 0.5) is 0 Å². The molecule has 0 saturated carbocycles. The fourth-order valence-corrected chi connectivity index (χ4v) is 2.16. The first-order valence-corrected chi connectivity index (χ1v) is 5.85. The molecule has 1 aliphatic heterocycles. The van der Waals surface area contributed by atoms with Gasteiger partial charge in [0, 0.05) is 30.8 Å². The number of carbonyl (C=O) groups is 1. The summed E-state index contributed by atoms with van der Waals surface area (Å²) < 4.78 is 0. The van der Waals surface area contributed by atoms with Crippen molar-refractivity contribution >= 4 is 5.91 Å². The normalized spacial score (nSPS) is 20.1. The van der Waals surface area contributed by atoms with Gasteiger partial charge < -0.3 is 4.90 Å². The highest BCUT2D eigenvalue weighted by Crippen LogP contribution is 2.19. The molecular formula is C13H15N3O. The maximum atomic E-state index is 12.0. The molecule has 1 saturated heterocycles. The van der Waals surface area contributed by atoms with Crippen LogP contribution >= 0.6 is 0 Å². The fourth-order valence-electron chi connectivity index (χ4n) is 2.16. The number of pyridine rings is 1. The second-order valence-electron chi connectivity index (χ2n) is 4.43. The van der Waals surface area contributed by atoms with E-state index in [1.54, 1.807) is 12.3 Å². The summed E-state index contributed by atoms with van der Waals surface area (Å²) in [7, 11) is 0. The molecule has 2 rings (SSSR count). The molecule has 0 N–H and O–H groups in total. The van der Waals surface area contributed by atoms with Crippen LogP contribution in [0.15, 0.2) is 18.3 Å². The zero-order valence-corrected chi connectivity index (χ0v) is 9.89. The van der Waals surface area contributed by atoms with Gasteiger partial charge in [-0.25, -0.2) is 4.98 Å². The lowest BCUT2D eigenvalue weighted by Gasteiger charge is -2.30. The van der Waals surface area contributed by atoms with Crippen LogP contribution in [0.3, 0.4) is 0 Å². The summed E-state index contributed by atoms with van der Waals surface area (Å²) in [5.41, 5.74) is 1.25. The summed E-state index contributed by atoms with van der Waals surface area (Å²) in [6, 6.07) is 5.72. The van der Waals surface area contributed by atoms with Gasteiger partial charge in [0.05, 0.1) is 0 Å². The van der Waals surface area contributed by atoms with Crippen LogP contribution in [0.1, 0.15) is 31.0 Å². The Morgan fingerprint density at radius 2 is 2.47 bits per heavy atom. The van der Waals surface area contributed by atoms with Gasteiger partial charge in [0.2, 0.25) is 5.91 Å². The predicted molar refractivity (Wildman–Crippen MR) is 62.8 cm³/mol. The molecule has 88 valence electrons. The molecular weight excluding hydrogens is 214 g/mol. The number of hydrogen-bond donors (Lipinski definition) is 0. The van der Waals surface area contributed by atoms with Gasteiger partial charge >= 0.3 is 0 Å². The Morgan fingerprint density at radius 1 is 1.65 bits per heavy atom. The van der Waals surface area contributed by atoms with Gasteiger partial charge in [-0.2, -0.15) is 5.26 Å². The average Bonchev–Trinajstić information content (AvgIpc) is 2.35. The molecule has 2 heterocycles. The Hall–Kier alpha value is -1.89. The molecule has 0 radical (unpaired) electrons. The van der Waals surface area contributed by atoms with Gasteiger partial charge in [-0.1, -0.05) is 13.0 Å². The Balaban J connectivity index is 2.15. The topological polar surface area (TPSA) is 57.0 Å². The standard InChI is InChI=1S/C13H15N3O/c1-10-4-3-7-16(13(10)17)9-11-5-2-6-15-12(11)8-14/h2,5-6,10H,3-4,7,9H2,1H3. The molecule has 1 atom stereocenters. The van der Waals surface area contributed by atoms with E-state index in [9.17, 15) is 4.79 Å². The Bertz CT molecular complexity index is 464. The number of hydrogen-bond acceptors (Lipinski definition) is 3. The van der Waals surface area contributed by atoms with Gasteiger partial charge in [-0.15, -0.1) is 0 Å². The van der Waals surface area contributed by atoms with Gasteiger partial charge in [-0.05, 0) is 18.9 Å². The smallest absolute Gasteiger partial charge is 0.225 e. The van der Waals surface area contributed by atoms with Crippen molar-refractivity contribution in [2.24, 2.45) is 5.92 Å². The molecule has 4 heteroatoms. The number of piperidine rings is 1. The van der Waals surface area contributed by atoms with Gasteiger partial charge in [0.1, 0.15) is 11.8 Å². The second kappa shape index (κ2) is 4.96. The molecule has 1 unspecified atom stereocenters. The highest BCUT2D eigenvalue weighted by atomic mass is 16.2. The van der Waals surface area contributed by atoms with Crippen LogP contribution in [0, 0.1) is 17.2 Å². The first kappa shape index (κ1) is 11.6. The number of nitrogens with zero attached hydrogens (tertiary/aromatic N) is 3. The van der Waals surface area contributed by atoms with Gasteiger partial charge in [0.15, 0.2) is 0 Å². The third kappa shape index (κ3) is 2.44. The van der Waals surface area contributed by atoms with Crippen molar-refractivity contribution < 1.29 is 4.79 Å². The van der Waals surface area contributed by atoms with E-state index < -0.39 is 0 Å². The summed E-state index contributed by atoms with van der Waals surface area (Å²) in [6.07, 6.45) is 3.60. The molecule has 1 aliphatic rings. The van der Waals surface area contributed by atoms with E-state index in [1.165, 1.54) is 0 Å². The highest BCUT2D eigenvalue weighted by Gasteiger charge is 2.25. The largest absolute Gasteiger partial charge is 0.338 e. The molecule has 1 aromatic heterocycles. The van der Waals surface area contributed by atoms with Crippen molar-refractivity contribution in [3.63, 3.8) is 0 Å². The minimum atomic E-state index is 0.103. The summed E-state index contributed by atoms with van der Waals surface area (Å²) >= 11 is 0. The van der Waals surface area contributed by atoms with E-state index in [1.807, 2.05) is 17.9 Å². The van der Waals surface area contributed by atoms with E-state index >= 15 is 0 Å². The quantitative estimate of drug-likeness (QED) is 0.775. The lowest BCUT2D eigenvalue weighted by molar-refractivity contribution is -0.138. The minimum absolute atomic E-state index is 0.103. The van der Waals surface area contributed by atoms with E-state index in [0.29, 0.717) is 12.2 Å². The molecule has 0 bridgehead atoms. The minimum Gasteiger partial charge on any atom is -0.338 e. The lowest BCUT2D eigenvalue weighted by atomic mass is 9.98. The Labute approximate surface area is 101 Å². The van der Waals surface area contributed by atoms with Crippen molar-refractivity contribution in [2.75, 3.05) is 6.54 Å². The lowest BCUT2D eigenvalue weighted by Crippen LogP contribution is -2.39. The summed E-state index contributed by atoms with van der Waals surface area (Å²) in [6.45, 7) is 3.24. The number of amides is 1. The zero-order valence-electron chi connectivity index (χ0n) is 9.89. The van der Waals surface area contributed by atoms with Crippen molar-refractivity contribution in [1.29, 1.82) is 5.26 Å². The molecule has 0 spiro atoms. The number of likely N-dealkylation sites (tertiary alicyclic amines) is 1. The van der Waals surface area contributed by atoms with Crippen LogP contribution in [-0.4, -0.2) is 22.3 Å².